The number of hydrogen-bond donors (Lipinski definition) is 0. The van der Waals surface area contributed by atoms with Gasteiger partial charge in [-0.25, -0.2) is 0 Å². The lowest BCUT2D eigenvalue weighted by molar-refractivity contribution is 0.0849. The topological polar surface area (TPSA) is 20.3 Å². The van der Waals surface area contributed by atoms with Crippen LogP contribution < -0.4 is 0 Å². The molecule has 0 N–H and O–H groups in total. The minimum atomic E-state index is 0.243. The quantitative estimate of drug-likeness (QED) is 0.746. The third kappa shape index (κ3) is 3.40. The number of rotatable bonds is 3. The smallest absolute Gasteiger partial charge is 0.176 e. The molecular formula is C15H21NO. The number of likely N-dealkylation sites (tertiary alicyclic amines) is 1. The molecule has 2 nitrogen and oxygen atoms in total. The van der Waals surface area contributed by atoms with Gasteiger partial charge in [0.1, 0.15) is 0 Å². The van der Waals surface area contributed by atoms with E-state index < -0.39 is 0 Å². The summed E-state index contributed by atoms with van der Waals surface area (Å²) < 4.78 is 0. The molecule has 1 aromatic carbocycles. The molecule has 2 unspecified atom stereocenters. The van der Waals surface area contributed by atoms with Gasteiger partial charge in [0.05, 0.1) is 6.54 Å². The summed E-state index contributed by atoms with van der Waals surface area (Å²) in [5, 5.41) is 0. The fourth-order valence-electron chi connectivity index (χ4n) is 2.84. The third-order valence-corrected chi connectivity index (χ3v) is 3.41. The number of ketones is 1. The summed E-state index contributed by atoms with van der Waals surface area (Å²) in [6.07, 6.45) is 1.29. The molecular weight excluding hydrogens is 210 g/mol. The van der Waals surface area contributed by atoms with Gasteiger partial charge in [-0.05, 0) is 18.3 Å². The second-order valence-corrected chi connectivity index (χ2v) is 5.43. The van der Waals surface area contributed by atoms with Crippen LogP contribution in [0, 0.1) is 11.8 Å². The SMILES string of the molecule is CC1CC(C)CN(CC(=O)c2ccccc2)C1. The zero-order valence-electron chi connectivity index (χ0n) is 10.7. The lowest BCUT2D eigenvalue weighted by Crippen LogP contribution is -2.41. The molecule has 0 amide bonds. The molecule has 1 aliphatic rings. The van der Waals surface area contributed by atoms with Crippen LogP contribution in [0.1, 0.15) is 30.6 Å². The summed E-state index contributed by atoms with van der Waals surface area (Å²) in [5.41, 5.74) is 0.832. The second-order valence-electron chi connectivity index (χ2n) is 5.43. The van der Waals surface area contributed by atoms with E-state index in [1.54, 1.807) is 0 Å². The Kier molecular flexibility index (Phi) is 3.95. The Labute approximate surface area is 104 Å². The lowest BCUT2D eigenvalue weighted by Gasteiger charge is -2.34. The van der Waals surface area contributed by atoms with E-state index >= 15 is 0 Å². The van der Waals surface area contributed by atoms with Crippen LogP contribution in [0.2, 0.25) is 0 Å². The highest BCUT2D eigenvalue weighted by molar-refractivity contribution is 5.97. The van der Waals surface area contributed by atoms with Crippen molar-refractivity contribution >= 4 is 5.78 Å². The van der Waals surface area contributed by atoms with Crippen LogP contribution in [-0.2, 0) is 0 Å². The van der Waals surface area contributed by atoms with Crippen LogP contribution >= 0.6 is 0 Å². The van der Waals surface area contributed by atoms with Crippen molar-refractivity contribution in [3.63, 3.8) is 0 Å². The predicted octanol–water partition coefficient (Wildman–Crippen LogP) is 2.85. The van der Waals surface area contributed by atoms with Gasteiger partial charge < -0.3 is 0 Å². The molecule has 0 bridgehead atoms. The molecule has 0 aliphatic carbocycles. The average Bonchev–Trinajstić information content (AvgIpc) is 2.28. The first kappa shape index (κ1) is 12.3. The standard InChI is InChI=1S/C15H21NO/c1-12-8-13(2)10-16(9-12)11-15(17)14-6-4-3-5-7-14/h3-7,12-13H,8-11H2,1-2H3. The molecule has 17 heavy (non-hydrogen) atoms. The summed E-state index contributed by atoms with van der Waals surface area (Å²) >= 11 is 0. The number of piperidine rings is 1. The zero-order valence-corrected chi connectivity index (χ0v) is 10.7. The van der Waals surface area contributed by atoms with Crippen molar-refractivity contribution in [2.75, 3.05) is 19.6 Å². The van der Waals surface area contributed by atoms with Crippen LogP contribution in [0.4, 0.5) is 0 Å². The Bertz CT molecular complexity index is 364. The number of carbonyl (C=O) groups excluding carboxylic acids is 1. The van der Waals surface area contributed by atoms with Gasteiger partial charge in [-0.1, -0.05) is 44.2 Å². The average molecular weight is 231 g/mol. The number of nitrogens with zero attached hydrogens (tertiary/aromatic N) is 1. The highest BCUT2D eigenvalue weighted by Gasteiger charge is 2.23. The molecule has 2 rings (SSSR count). The fourth-order valence-corrected chi connectivity index (χ4v) is 2.84. The first-order valence-electron chi connectivity index (χ1n) is 6.45. The Morgan fingerprint density at radius 3 is 2.35 bits per heavy atom. The van der Waals surface area contributed by atoms with Crippen molar-refractivity contribution in [2.45, 2.75) is 20.3 Å². The Morgan fingerprint density at radius 2 is 1.76 bits per heavy atom. The van der Waals surface area contributed by atoms with E-state index in [0.717, 1.165) is 18.7 Å². The first-order valence-corrected chi connectivity index (χ1v) is 6.45. The van der Waals surface area contributed by atoms with Gasteiger partial charge >= 0.3 is 0 Å². The van der Waals surface area contributed by atoms with Gasteiger partial charge in [-0.3, -0.25) is 9.69 Å². The van der Waals surface area contributed by atoms with Gasteiger partial charge in [0.2, 0.25) is 0 Å². The fraction of sp³-hybridized carbons (Fsp3) is 0.533. The minimum Gasteiger partial charge on any atom is -0.295 e. The van der Waals surface area contributed by atoms with Crippen LogP contribution in [-0.4, -0.2) is 30.3 Å². The van der Waals surface area contributed by atoms with Gasteiger partial charge in [0.25, 0.3) is 0 Å². The maximum absolute atomic E-state index is 12.1. The highest BCUT2D eigenvalue weighted by atomic mass is 16.1. The van der Waals surface area contributed by atoms with Crippen molar-refractivity contribution in [1.29, 1.82) is 0 Å². The molecule has 1 saturated heterocycles. The van der Waals surface area contributed by atoms with Crippen molar-refractivity contribution in [3.05, 3.63) is 35.9 Å². The molecule has 0 radical (unpaired) electrons. The number of carbonyl (C=O) groups is 1. The second kappa shape index (κ2) is 5.46. The monoisotopic (exact) mass is 231 g/mol. The largest absolute Gasteiger partial charge is 0.295 e. The van der Waals surface area contributed by atoms with Crippen molar-refractivity contribution < 1.29 is 4.79 Å². The van der Waals surface area contributed by atoms with E-state index in [9.17, 15) is 4.79 Å². The molecule has 0 spiro atoms. The van der Waals surface area contributed by atoms with E-state index in [-0.39, 0.29) is 5.78 Å². The molecule has 0 aromatic heterocycles. The van der Waals surface area contributed by atoms with Crippen molar-refractivity contribution in [1.82, 2.24) is 4.90 Å². The van der Waals surface area contributed by atoms with E-state index in [4.69, 9.17) is 0 Å². The number of hydrogen-bond acceptors (Lipinski definition) is 2. The Hall–Kier alpha value is -1.15. The summed E-state index contributed by atoms with van der Waals surface area (Å²) in [7, 11) is 0. The number of Topliss-reactive ketones (excluding diaryl/α,β-unsaturated/α-hetero) is 1. The van der Waals surface area contributed by atoms with E-state index in [1.807, 2.05) is 30.3 Å². The Morgan fingerprint density at radius 1 is 1.18 bits per heavy atom. The maximum atomic E-state index is 12.1. The van der Waals surface area contributed by atoms with Gasteiger partial charge in [0, 0.05) is 18.7 Å². The van der Waals surface area contributed by atoms with Gasteiger partial charge in [-0.15, -0.1) is 0 Å². The summed E-state index contributed by atoms with van der Waals surface area (Å²) in [6, 6.07) is 9.60. The van der Waals surface area contributed by atoms with Crippen LogP contribution in [0.5, 0.6) is 0 Å². The van der Waals surface area contributed by atoms with Gasteiger partial charge in [0.15, 0.2) is 5.78 Å². The molecule has 0 saturated carbocycles. The van der Waals surface area contributed by atoms with Crippen LogP contribution in [0.15, 0.2) is 30.3 Å². The summed E-state index contributed by atoms with van der Waals surface area (Å²) in [5.74, 6) is 1.66. The van der Waals surface area contributed by atoms with Crippen LogP contribution in [0.25, 0.3) is 0 Å². The van der Waals surface area contributed by atoms with Gasteiger partial charge in [-0.2, -0.15) is 0 Å². The summed E-state index contributed by atoms with van der Waals surface area (Å²) in [6.45, 7) is 7.23. The summed E-state index contributed by atoms with van der Waals surface area (Å²) in [4.78, 5) is 14.4. The van der Waals surface area contributed by atoms with Crippen LogP contribution in [0.3, 0.4) is 0 Å². The van der Waals surface area contributed by atoms with Crippen molar-refractivity contribution in [2.24, 2.45) is 11.8 Å². The predicted molar refractivity (Wildman–Crippen MR) is 70.2 cm³/mol. The van der Waals surface area contributed by atoms with E-state index in [1.165, 1.54) is 6.42 Å². The van der Waals surface area contributed by atoms with E-state index in [0.29, 0.717) is 18.4 Å². The number of benzene rings is 1. The molecule has 1 aromatic rings. The highest BCUT2D eigenvalue weighted by Crippen LogP contribution is 2.20. The Balaban J connectivity index is 1.95. The molecule has 2 heteroatoms. The normalized spacial score (nSPS) is 25.8. The lowest BCUT2D eigenvalue weighted by atomic mass is 9.91. The first-order chi connectivity index (χ1) is 8.15. The molecule has 1 fully saturated rings. The molecule has 92 valence electrons. The zero-order chi connectivity index (χ0) is 12.3. The molecule has 1 heterocycles. The minimum absolute atomic E-state index is 0.243. The third-order valence-electron chi connectivity index (χ3n) is 3.41. The van der Waals surface area contributed by atoms with E-state index in [2.05, 4.69) is 18.7 Å². The van der Waals surface area contributed by atoms with Crippen molar-refractivity contribution in [3.8, 4) is 0 Å². The molecule has 2 atom stereocenters. The molecule has 1 aliphatic heterocycles. The maximum Gasteiger partial charge on any atom is 0.176 e.